The average molecular weight is 395 g/mol. The quantitative estimate of drug-likeness (QED) is 0.613. The van der Waals surface area contributed by atoms with Gasteiger partial charge in [-0.05, 0) is 112 Å². The maximum atomic E-state index is 10.6. The summed E-state index contributed by atoms with van der Waals surface area (Å²) < 4.78 is 0. The van der Waals surface area contributed by atoms with E-state index in [1.165, 1.54) is 25.7 Å². The largest absolute Gasteiger partial charge is 0.393 e. The summed E-state index contributed by atoms with van der Waals surface area (Å²) in [6.07, 6.45) is 10.8. The Kier molecular flexibility index (Phi) is 7.89. The van der Waals surface area contributed by atoms with Crippen molar-refractivity contribution in [3.05, 3.63) is 0 Å². The van der Waals surface area contributed by atoms with Gasteiger partial charge in [0.1, 0.15) is 0 Å². The number of aliphatic hydroxyl groups excluding tert-OH is 3. The van der Waals surface area contributed by atoms with Crippen LogP contribution >= 0.6 is 0 Å². The van der Waals surface area contributed by atoms with Crippen LogP contribution < -0.4 is 0 Å². The molecule has 3 N–H and O–H groups in total. The minimum Gasteiger partial charge on any atom is -0.393 e. The summed E-state index contributed by atoms with van der Waals surface area (Å²) >= 11 is 0. The second-order valence-corrected chi connectivity index (χ2v) is 11.2. The molecule has 3 rings (SSSR count). The second-order valence-electron chi connectivity index (χ2n) is 11.2. The summed E-state index contributed by atoms with van der Waals surface area (Å²) in [5, 5.41) is 31.5. The van der Waals surface area contributed by atoms with Gasteiger partial charge in [-0.25, -0.2) is 0 Å². The van der Waals surface area contributed by atoms with Crippen molar-refractivity contribution >= 4 is 0 Å². The number of rotatable bonds is 5. The van der Waals surface area contributed by atoms with Crippen molar-refractivity contribution < 1.29 is 15.3 Å². The number of hydrogen-bond donors (Lipinski definition) is 3. The van der Waals surface area contributed by atoms with Gasteiger partial charge in [0.05, 0.1) is 18.3 Å². The first-order valence-electron chi connectivity index (χ1n) is 12.3. The molecule has 0 heterocycles. The summed E-state index contributed by atoms with van der Waals surface area (Å²) in [7, 11) is 0. The Morgan fingerprint density at radius 3 is 1.36 bits per heavy atom. The van der Waals surface area contributed by atoms with Crippen molar-refractivity contribution in [2.45, 2.75) is 110 Å². The summed E-state index contributed by atoms with van der Waals surface area (Å²) in [5.41, 5.74) is 0. The van der Waals surface area contributed by atoms with E-state index in [-0.39, 0.29) is 18.3 Å². The smallest absolute Gasteiger partial charge is 0.0568 e. The van der Waals surface area contributed by atoms with Crippen molar-refractivity contribution in [2.24, 2.45) is 47.3 Å². The van der Waals surface area contributed by atoms with Crippen LogP contribution in [0.15, 0.2) is 0 Å². The fourth-order valence-corrected chi connectivity index (χ4v) is 6.68. The van der Waals surface area contributed by atoms with Gasteiger partial charge in [0.25, 0.3) is 0 Å². The Morgan fingerprint density at radius 1 is 0.607 bits per heavy atom. The van der Waals surface area contributed by atoms with Crippen LogP contribution in [0.1, 0.15) is 91.9 Å². The highest BCUT2D eigenvalue weighted by Gasteiger charge is 2.40. The standard InChI is InChI=1S/C25H46O3/c1-15-5-8-19(12-23(15)26)18(4)11-22(20-9-6-16(2)24(27)13-20)21-10-7-17(3)25(28)14-21/h15-28H,5-14H2,1-4H3. The Hall–Kier alpha value is -0.120. The summed E-state index contributed by atoms with van der Waals surface area (Å²) in [6.45, 7) is 8.97. The van der Waals surface area contributed by atoms with E-state index in [2.05, 4.69) is 27.7 Å². The molecule has 0 aromatic carbocycles. The summed E-state index contributed by atoms with van der Waals surface area (Å²) in [6, 6.07) is 0. The molecule has 0 saturated heterocycles. The van der Waals surface area contributed by atoms with Crippen molar-refractivity contribution in [3.8, 4) is 0 Å². The number of aliphatic hydroxyl groups is 3. The lowest BCUT2D eigenvalue weighted by molar-refractivity contribution is -0.0202. The predicted molar refractivity (Wildman–Crippen MR) is 115 cm³/mol. The van der Waals surface area contributed by atoms with Crippen LogP contribution in [0.5, 0.6) is 0 Å². The highest BCUT2D eigenvalue weighted by atomic mass is 16.3. The van der Waals surface area contributed by atoms with E-state index >= 15 is 0 Å². The molecule has 3 nitrogen and oxygen atoms in total. The first kappa shape index (κ1) is 22.6. The Morgan fingerprint density at radius 2 is 0.964 bits per heavy atom. The van der Waals surface area contributed by atoms with Gasteiger partial charge in [-0.1, -0.05) is 27.7 Å². The predicted octanol–water partition coefficient (Wildman–Crippen LogP) is 5.02. The minimum absolute atomic E-state index is 0.130. The van der Waals surface area contributed by atoms with E-state index in [0.29, 0.717) is 47.3 Å². The van der Waals surface area contributed by atoms with Crippen molar-refractivity contribution in [1.82, 2.24) is 0 Å². The second kappa shape index (κ2) is 9.79. The Bertz CT molecular complexity index is 454. The molecule has 0 spiro atoms. The van der Waals surface area contributed by atoms with Crippen LogP contribution in [-0.4, -0.2) is 33.6 Å². The molecule has 0 amide bonds. The molecular weight excluding hydrogens is 348 g/mol. The molecule has 0 radical (unpaired) electrons. The molecule has 3 saturated carbocycles. The zero-order valence-corrected chi connectivity index (χ0v) is 18.8. The average Bonchev–Trinajstić information content (AvgIpc) is 2.66. The highest BCUT2D eigenvalue weighted by Crippen LogP contribution is 2.47. The fraction of sp³-hybridized carbons (Fsp3) is 1.00. The van der Waals surface area contributed by atoms with Crippen LogP contribution in [0.4, 0.5) is 0 Å². The van der Waals surface area contributed by atoms with E-state index in [9.17, 15) is 15.3 Å². The molecule has 10 unspecified atom stereocenters. The lowest BCUT2D eigenvalue weighted by Crippen LogP contribution is -2.39. The minimum atomic E-state index is -0.152. The van der Waals surface area contributed by atoms with Gasteiger partial charge in [0.2, 0.25) is 0 Å². The van der Waals surface area contributed by atoms with E-state index in [0.717, 1.165) is 38.5 Å². The van der Waals surface area contributed by atoms with E-state index in [1.54, 1.807) is 0 Å². The number of hydrogen-bond acceptors (Lipinski definition) is 3. The van der Waals surface area contributed by atoms with E-state index in [4.69, 9.17) is 0 Å². The van der Waals surface area contributed by atoms with Gasteiger partial charge in [-0.15, -0.1) is 0 Å². The van der Waals surface area contributed by atoms with Crippen LogP contribution in [0.3, 0.4) is 0 Å². The molecular formula is C25H46O3. The van der Waals surface area contributed by atoms with Crippen molar-refractivity contribution in [2.75, 3.05) is 0 Å². The third-order valence-electron chi connectivity index (χ3n) is 9.24. The third kappa shape index (κ3) is 5.32. The molecule has 0 aliphatic heterocycles. The normalized spacial score (nSPS) is 47.5. The maximum absolute atomic E-state index is 10.6. The molecule has 0 bridgehead atoms. The van der Waals surface area contributed by atoms with Crippen LogP contribution in [0, 0.1) is 47.3 Å². The molecule has 0 aromatic heterocycles. The van der Waals surface area contributed by atoms with Crippen LogP contribution in [-0.2, 0) is 0 Å². The molecule has 28 heavy (non-hydrogen) atoms. The molecule has 10 atom stereocenters. The summed E-state index contributed by atoms with van der Waals surface area (Å²) in [5.74, 6) is 4.40. The topological polar surface area (TPSA) is 60.7 Å². The Labute approximate surface area is 173 Å². The fourth-order valence-electron chi connectivity index (χ4n) is 6.68. The highest BCUT2D eigenvalue weighted by molar-refractivity contribution is 4.91. The monoisotopic (exact) mass is 394 g/mol. The first-order valence-corrected chi connectivity index (χ1v) is 12.3. The van der Waals surface area contributed by atoms with Crippen LogP contribution in [0.2, 0.25) is 0 Å². The van der Waals surface area contributed by atoms with Gasteiger partial charge in [-0.2, -0.15) is 0 Å². The molecule has 0 aromatic rings. The van der Waals surface area contributed by atoms with Crippen molar-refractivity contribution in [3.63, 3.8) is 0 Å². The molecule has 3 heteroatoms. The third-order valence-corrected chi connectivity index (χ3v) is 9.24. The van der Waals surface area contributed by atoms with Gasteiger partial charge >= 0.3 is 0 Å². The lowest BCUT2D eigenvalue weighted by atomic mass is 9.62. The van der Waals surface area contributed by atoms with E-state index in [1.807, 2.05) is 0 Å². The molecule has 164 valence electrons. The van der Waals surface area contributed by atoms with Gasteiger partial charge in [0.15, 0.2) is 0 Å². The molecule has 3 aliphatic rings. The zero-order valence-electron chi connectivity index (χ0n) is 18.8. The molecule has 3 fully saturated rings. The summed E-state index contributed by atoms with van der Waals surface area (Å²) in [4.78, 5) is 0. The molecule has 3 aliphatic carbocycles. The van der Waals surface area contributed by atoms with Crippen molar-refractivity contribution in [1.29, 1.82) is 0 Å². The Balaban J connectivity index is 1.69. The first-order chi connectivity index (χ1) is 13.3. The lowest BCUT2D eigenvalue weighted by Gasteiger charge is -2.45. The van der Waals surface area contributed by atoms with Crippen LogP contribution in [0.25, 0.3) is 0 Å². The zero-order chi connectivity index (χ0) is 20.4. The maximum Gasteiger partial charge on any atom is 0.0568 e. The van der Waals surface area contributed by atoms with Gasteiger partial charge in [0, 0.05) is 0 Å². The van der Waals surface area contributed by atoms with E-state index < -0.39 is 0 Å². The SMILES string of the molecule is CC1CCC(C(C)CC(C2CCC(C)C(O)C2)C2CCC(C)C(O)C2)CC1O. The van der Waals surface area contributed by atoms with Gasteiger partial charge < -0.3 is 15.3 Å². The van der Waals surface area contributed by atoms with Gasteiger partial charge in [-0.3, -0.25) is 0 Å².